The summed E-state index contributed by atoms with van der Waals surface area (Å²) in [7, 11) is 0. The van der Waals surface area contributed by atoms with E-state index in [0.29, 0.717) is 6.61 Å². The predicted octanol–water partition coefficient (Wildman–Crippen LogP) is 0.390. The third-order valence-corrected chi connectivity index (χ3v) is 0.480. The Balaban J connectivity index is 3.07. The Morgan fingerprint density at radius 2 is 2.50 bits per heavy atom. The predicted molar refractivity (Wildman–Crippen MR) is 31.8 cm³/mol. The van der Waals surface area contributed by atoms with Gasteiger partial charge in [-0.1, -0.05) is 5.16 Å². The van der Waals surface area contributed by atoms with Crippen molar-refractivity contribution in [1.29, 1.82) is 0 Å². The highest BCUT2D eigenvalue weighted by Gasteiger charge is 1.83. The Hall–Kier alpha value is -0.570. The Bertz CT molecular complexity index is 70.8. The van der Waals surface area contributed by atoms with Gasteiger partial charge in [0, 0.05) is 0 Å². The first-order valence-corrected chi connectivity index (χ1v) is 2.61. The minimum absolute atomic E-state index is 0.512. The molecule has 0 aromatic rings. The van der Waals surface area contributed by atoms with E-state index < -0.39 is 6.10 Å². The molecule has 48 valence electrons. The molecular weight excluding hydrogens is 106 g/mol. The van der Waals surface area contributed by atoms with Crippen molar-refractivity contribution in [1.82, 2.24) is 0 Å². The van der Waals surface area contributed by atoms with Crippen molar-refractivity contribution in [2.45, 2.75) is 20.0 Å². The molecule has 1 atom stereocenters. The van der Waals surface area contributed by atoms with Gasteiger partial charge < -0.3 is 9.94 Å². The molecule has 3 nitrogen and oxygen atoms in total. The molecule has 0 aliphatic rings. The maximum atomic E-state index is 8.55. The van der Waals surface area contributed by atoms with Crippen molar-refractivity contribution < 1.29 is 9.94 Å². The highest BCUT2D eigenvalue weighted by atomic mass is 16.6. The van der Waals surface area contributed by atoms with Gasteiger partial charge in [-0.3, -0.25) is 0 Å². The lowest BCUT2D eigenvalue weighted by molar-refractivity contribution is 0.155. The van der Waals surface area contributed by atoms with E-state index in [1.807, 2.05) is 6.92 Å². The quantitative estimate of drug-likeness (QED) is 0.429. The fourth-order valence-corrected chi connectivity index (χ4v) is 0.206. The Morgan fingerprint density at radius 3 is 2.88 bits per heavy atom. The van der Waals surface area contributed by atoms with Crippen LogP contribution in [0.5, 0.6) is 0 Å². The molecule has 0 fully saturated rings. The largest absolute Gasteiger partial charge is 0.396 e. The normalized spacial score (nSPS) is 14.4. The first-order chi connectivity index (χ1) is 3.77. The second kappa shape index (κ2) is 4.59. The summed E-state index contributed by atoms with van der Waals surface area (Å²) < 4.78 is 0. The molecule has 0 aromatic heterocycles. The van der Waals surface area contributed by atoms with E-state index in [9.17, 15) is 0 Å². The topological polar surface area (TPSA) is 41.8 Å². The number of rotatable bonds is 3. The van der Waals surface area contributed by atoms with Crippen LogP contribution < -0.4 is 0 Å². The Morgan fingerprint density at radius 1 is 1.88 bits per heavy atom. The third-order valence-electron chi connectivity index (χ3n) is 0.480. The van der Waals surface area contributed by atoms with Crippen LogP contribution in [0.3, 0.4) is 0 Å². The van der Waals surface area contributed by atoms with Gasteiger partial charge in [0.05, 0.1) is 12.3 Å². The standard InChI is InChI=1S/C5H11NO2/c1-3-8-6-4-5(2)7/h4-5,7H,3H2,1-2H3/b6-4-. The fraction of sp³-hybridized carbons (Fsp3) is 0.800. The van der Waals surface area contributed by atoms with Gasteiger partial charge in [0.25, 0.3) is 0 Å². The minimum Gasteiger partial charge on any atom is -0.396 e. The molecule has 1 N–H and O–H groups in total. The zero-order valence-electron chi connectivity index (χ0n) is 5.16. The zero-order chi connectivity index (χ0) is 6.41. The number of oxime groups is 1. The van der Waals surface area contributed by atoms with Gasteiger partial charge in [-0.05, 0) is 13.8 Å². The smallest absolute Gasteiger partial charge is 0.114 e. The number of hydrogen-bond donors (Lipinski definition) is 1. The summed E-state index contributed by atoms with van der Waals surface area (Å²) in [4.78, 5) is 4.55. The first kappa shape index (κ1) is 7.43. The van der Waals surface area contributed by atoms with Gasteiger partial charge in [0.2, 0.25) is 0 Å². The molecule has 0 aromatic carbocycles. The highest BCUT2D eigenvalue weighted by Crippen LogP contribution is 1.75. The van der Waals surface area contributed by atoms with Crippen molar-refractivity contribution in [2.24, 2.45) is 5.16 Å². The van der Waals surface area contributed by atoms with Gasteiger partial charge >= 0.3 is 0 Å². The summed E-state index contributed by atoms with van der Waals surface area (Å²) >= 11 is 0. The van der Waals surface area contributed by atoms with Gasteiger partial charge in [-0.2, -0.15) is 0 Å². The molecule has 0 radical (unpaired) electrons. The molecule has 0 bridgehead atoms. The highest BCUT2D eigenvalue weighted by molar-refractivity contribution is 5.61. The van der Waals surface area contributed by atoms with Crippen LogP contribution in [0.1, 0.15) is 13.8 Å². The molecule has 0 amide bonds. The van der Waals surface area contributed by atoms with Crippen LogP contribution in [0.25, 0.3) is 0 Å². The molecule has 8 heavy (non-hydrogen) atoms. The second-order valence-corrected chi connectivity index (χ2v) is 1.41. The maximum absolute atomic E-state index is 8.55. The molecular formula is C5H11NO2. The average molecular weight is 117 g/mol. The van der Waals surface area contributed by atoms with Gasteiger partial charge in [0.1, 0.15) is 6.61 Å². The number of aliphatic hydroxyl groups is 1. The number of nitrogens with zero attached hydrogens (tertiary/aromatic N) is 1. The van der Waals surface area contributed by atoms with E-state index in [1.165, 1.54) is 6.21 Å². The molecule has 0 saturated heterocycles. The first-order valence-electron chi connectivity index (χ1n) is 2.61. The SMILES string of the molecule is CCO/N=C\C(C)O. The van der Waals surface area contributed by atoms with E-state index in [2.05, 4.69) is 9.99 Å². The van der Waals surface area contributed by atoms with Crippen LogP contribution in [-0.4, -0.2) is 24.0 Å². The van der Waals surface area contributed by atoms with Crippen LogP contribution in [0.15, 0.2) is 5.16 Å². The van der Waals surface area contributed by atoms with Crippen molar-refractivity contribution in [3.8, 4) is 0 Å². The van der Waals surface area contributed by atoms with E-state index in [0.717, 1.165) is 0 Å². The molecule has 0 saturated carbocycles. The van der Waals surface area contributed by atoms with Crippen molar-refractivity contribution >= 4 is 6.21 Å². The lowest BCUT2D eigenvalue weighted by atomic mass is 10.5. The molecule has 1 unspecified atom stereocenters. The molecule has 0 heterocycles. The third kappa shape index (κ3) is 5.43. The summed E-state index contributed by atoms with van der Waals surface area (Å²) in [5.74, 6) is 0. The minimum atomic E-state index is -0.512. The fourth-order valence-electron chi connectivity index (χ4n) is 0.206. The Labute approximate surface area is 49.0 Å². The van der Waals surface area contributed by atoms with Crippen LogP contribution in [-0.2, 0) is 4.84 Å². The van der Waals surface area contributed by atoms with E-state index in [4.69, 9.17) is 5.11 Å². The van der Waals surface area contributed by atoms with Crippen LogP contribution in [0.4, 0.5) is 0 Å². The maximum Gasteiger partial charge on any atom is 0.114 e. The summed E-state index contributed by atoms with van der Waals surface area (Å²) in [6, 6.07) is 0. The van der Waals surface area contributed by atoms with Crippen molar-refractivity contribution in [2.75, 3.05) is 6.61 Å². The summed E-state index contributed by atoms with van der Waals surface area (Å²) in [6.45, 7) is 3.99. The average Bonchev–Trinajstić information content (AvgIpc) is 1.66. The van der Waals surface area contributed by atoms with Crippen LogP contribution in [0, 0.1) is 0 Å². The van der Waals surface area contributed by atoms with Crippen LogP contribution >= 0.6 is 0 Å². The lowest BCUT2D eigenvalue weighted by Crippen LogP contribution is -2.00. The molecule has 0 aliphatic heterocycles. The van der Waals surface area contributed by atoms with Crippen LogP contribution in [0.2, 0.25) is 0 Å². The molecule has 0 rings (SSSR count). The summed E-state index contributed by atoms with van der Waals surface area (Å²) in [5.41, 5.74) is 0. The van der Waals surface area contributed by atoms with Crippen molar-refractivity contribution in [3.05, 3.63) is 0 Å². The zero-order valence-corrected chi connectivity index (χ0v) is 5.16. The second-order valence-electron chi connectivity index (χ2n) is 1.41. The lowest BCUT2D eigenvalue weighted by Gasteiger charge is -1.92. The summed E-state index contributed by atoms with van der Waals surface area (Å²) in [5, 5.41) is 12.0. The van der Waals surface area contributed by atoms with Gasteiger partial charge in [0.15, 0.2) is 0 Å². The van der Waals surface area contributed by atoms with E-state index >= 15 is 0 Å². The van der Waals surface area contributed by atoms with E-state index in [-0.39, 0.29) is 0 Å². The molecule has 0 aliphatic carbocycles. The van der Waals surface area contributed by atoms with Gasteiger partial charge in [-0.25, -0.2) is 0 Å². The molecule has 3 heteroatoms. The summed E-state index contributed by atoms with van der Waals surface area (Å²) in [6.07, 6.45) is 0.824. The number of aliphatic hydroxyl groups excluding tert-OH is 1. The van der Waals surface area contributed by atoms with E-state index in [1.54, 1.807) is 6.92 Å². The van der Waals surface area contributed by atoms with Gasteiger partial charge in [-0.15, -0.1) is 0 Å². The molecule has 0 spiro atoms. The number of hydrogen-bond acceptors (Lipinski definition) is 3. The van der Waals surface area contributed by atoms with Crippen molar-refractivity contribution in [3.63, 3.8) is 0 Å². The Kier molecular flexibility index (Phi) is 4.26. The monoisotopic (exact) mass is 117 g/mol.